The fraction of sp³-hybridized carbons (Fsp3) is 0.286. The molecule has 0 saturated carbocycles. The normalized spacial score (nSPS) is 12.1. The molecule has 0 radical (unpaired) electrons. The Hall–Kier alpha value is -2.10. The first-order valence-corrected chi connectivity index (χ1v) is 6.12. The molecule has 1 aromatic heterocycles. The second-order valence-corrected chi connectivity index (χ2v) is 4.32. The molecule has 4 heteroatoms. The molecule has 0 fully saturated rings. The van der Waals surface area contributed by atoms with Crippen LogP contribution in [0.1, 0.15) is 30.8 Å². The van der Waals surface area contributed by atoms with Crippen molar-refractivity contribution in [3.05, 3.63) is 42.1 Å². The van der Waals surface area contributed by atoms with Gasteiger partial charge in [-0.3, -0.25) is 9.89 Å². The zero-order chi connectivity index (χ0) is 13.0. The molecule has 0 unspecified atom stereocenters. The molecule has 0 spiro atoms. The Morgan fingerprint density at radius 2 is 2.11 bits per heavy atom. The van der Waals surface area contributed by atoms with Crippen LogP contribution in [0.5, 0.6) is 0 Å². The van der Waals surface area contributed by atoms with Gasteiger partial charge in [0.25, 0.3) is 5.91 Å². The van der Waals surface area contributed by atoms with Crippen molar-refractivity contribution in [2.24, 2.45) is 0 Å². The van der Waals surface area contributed by atoms with Crippen molar-refractivity contribution < 1.29 is 4.79 Å². The van der Waals surface area contributed by atoms with Gasteiger partial charge in [-0.15, -0.1) is 0 Å². The van der Waals surface area contributed by atoms with Gasteiger partial charge in [0.2, 0.25) is 0 Å². The zero-order valence-corrected chi connectivity index (χ0v) is 10.6. The van der Waals surface area contributed by atoms with E-state index in [0.717, 1.165) is 17.7 Å². The largest absolute Gasteiger partial charge is 0.348 e. The van der Waals surface area contributed by atoms with Gasteiger partial charge in [-0.05, 0) is 19.4 Å². The lowest BCUT2D eigenvalue weighted by Gasteiger charge is -2.09. The highest BCUT2D eigenvalue weighted by atomic mass is 16.2. The Morgan fingerprint density at radius 1 is 1.39 bits per heavy atom. The van der Waals surface area contributed by atoms with E-state index in [4.69, 9.17) is 0 Å². The molecule has 2 N–H and O–H groups in total. The number of carbonyl (C=O) groups is 1. The van der Waals surface area contributed by atoms with E-state index in [2.05, 4.69) is 15.5 Å². The topological polar surface area (TPSA) is 57.8 Å². The molecule has 0 bridgehead atoms. The molecule has 0 aliphatic carbocycles. The number of nitrogens with one attached hydrogen (secondary N) is 2. The van der Waals surface area contributed by atoms with Gasteiger partial charge in [0.05, 0.1) is 5.69 Å². The van der Waals surface area contributed by atoms with Gasteiger partial charge in [0, 0.05) is 11.6 Å². The Bertz CT molecular complexity index is 519. The lowest BCUT2D eigenvalue weighted by Crippen LogP contribution is -2.32. The summed E-state index contributed by atoms with van der Waals surface area (Å²) in [4.78, 5) is 11.9. The Balaban J connectivity index is 2.13. The molecular formula is C14H17N3O. The van der Waals surface area contributed by atoms with Gasteiger partial charge in [-0.2, -0.15) is 5.10 Å². The minimum absolute atomic E-state index is 0.112. The number of benzene rings is 1. The average molecular weight is 243 g/mol. The molecule has 1 heterocycles. The molecule has 2 aromatic rings. The van der Waals surface area contributed by atoms with Crippen LogP contribution in [0, 0.1) is 0 Å². The predicted molar refractivity (Wildman–Crippen MR) is 71.2 cm³/mol. The lowest BCUT2D eigenvalue weighted by atomic mass is 10.1. The lowest BCUT2D eigenvalue weighted by molar-refractivity contribution is 0.0934. The standard InChI is InChI=1S/C14H17N3O/c1-3-10(2)15-14(18)13-9-12(16-17-13)11-7-5-4-6-8-11/h4-10H,3H2,1-2H3,(H,15,18)(H,16,17)/t10-/m1/s1. The van der Waals surface area contributed by atoms with Gasteiger partial charge >= 0.3 is 0 Å². The summed E-state index contributed by atoms with van der Waals surface area (Å²) >= 11 is 0. The molecule has 2 rings (SSSR count). The smallest absolute Gasteiger partial charge is 0.269 e. The number of carbonyl (C=O) groups excluding carboxylic acids is 1. The first-order valence-electron chi connectivity index (χ1n) is 6.12. The van der Waals surface area contributed by atoms with Crippen molar-refractivity contribution >= 4 is 5.91 Å². The van der Waals surface area contributed by atoms with Crippen molar-refractivity contribution in [2.75, 3.05) is 0 Å². The van der Waals surface area contributed by atoms with Gasteiger partial charge in [0.1, 0.15) is 5.69 Å². The molecule has 1 aromatic carbocycles. The second kappa shape index (κ2) is 5.49. The van der Waals surface area contributed by atoms with Crippen LogP contribution in [0.25, 0.3) is 11.3 Å². The Kier molecular flexibility index (Phi) is 3.77. The van der Waals surface area contributed by atoms with Crippen molar-refractivity contribution in [1.82, 2.24) is 15.5 Å². The van der Waals surface area contributed by atoms with Crippen LogP contribution in [0.3, 0.4) is 0 Å². The van der Waals surface area contributed by atoms with Crippen LogP contribution in [0.4, 0.5) is 0 Å². The number of aromatic nitrogens is 2. The van der Waals surface area contributed by atoms with Crippen LogP contribution in [0.15, 0.2) is 36.4 Å². The highest BCUT2D eigenvalue weighted by Gasteiger charge is 2.12. The minimum atomic E-state index is -0.112. The van der Waals surface area contributed by atoms with Crippen molar-refractivity contribution in [2.45, 2.75) is 26.3 Å². The molecule has 1 amide bonds. The SMILES string of the molecule is CC[C@@H](C)NC(=O)c1cc(-c2ccccc2)n[nH]1. The van der Waals surface area contributed by atoms with E-state index in [1.54, 1.807) is 6.07 Å². The van der Waals surface area contributed by atoms with E-state index < -0.39 is 0 Å². The summed E-state index contributed by atoms with van der Waals surface area (Å²) in [6, 6.07) is 11.7. The van der Waals surface area contributed by atoms with Gasteiger partial charge < -0.3 is 5.32 Å². The average Bonchev–Trinajstić information content (AvgIpc) is 2.89. The summed E-state index contributed by atoms with van der Waals surface area (Å²) < 4.78 is 0. The maximum atomic E-state index is 11.9. The molecule has 4 nitrogen and oxygen atoms in total. The van der Waals surface area contributed by atoms with Crippen molar-refractivity contribution in [3.63, 3.8) is 0 Å². The second-order valence-electron chi connectivity index (χ2n) is 4.32. The molecule has 18 heavy (non-hydrogen) atoms. The summed E-state index contributed by atoms with van der Waals surface area (Å²) in [5, 5.41) is 9.83. The van der Waals surface area contributed by atoms with E-state index in [9.17, 15) is 4.79 Å². The third kappa shape index (κ3) is 2.77. The van der Waals surface area contributed by atoms with E-state index in [-0.39, 0.29) is 11.9 Å². The quantitative estimate of drug-likeness (QED) is 0.867. The number of aromatic amines is 1. The molecular weight excluding hydrogens is 226 g/mol. The van der Waals surface area contributed by atoms with Crippen molar-refractivity contribution in [1.29, 1.82) is 0 Å². The summed E-state index contributed by atoms with van der Waals surface area (Å²) in [6.45, 7) is 4.01. The summed E-state index contributed by atoms with van der Waals surface area (Å²) in [6.07, 6.45) is 0.908. The van der Waals surface area contributed by atoms with E-state index in [1.807, 2.05) is 44.2 Å². The van der Waals surface area contributed by atoms with Crippen molar-refractivity contribution in [3.8, 4) is 11.3 Å². The van der Waals surface area contributed by atoms with Crippen LogP contribution in [0.2, 0.25) is 0 Å². The highest BCUT2D eigenvalue weighted by Crippen LogP contribution is 2.16. The van der Waals surface area contributed by atoms with Crippen LogP contribution in [-0.4, -0.2) is 22.1 Å². The van der Waals surface area contributed by atoms with Crippen LogP contribution < -0.4 is 5.32 Å². The van der Waals surface area contributed by atoms with E-state index >= 15 is 0 Å². The van der Waals surface area contributed by atoms with Crippen LogP contribution in [-0.2, 0) is 0 Å². The number of hydrogen-bond donors (Lipinski definition) is 2. The Morgan fingerprint density at radius 3 is 2.78 bits per heavy atom. The van der Waals surface area contributed by atoms with Crippen LogP contribution >= 0.6 is 0 Å². The summed E-state index contributed by atoms with van der Waals surface area (Å²) in [7, 11) is 0. The highest BCUT2D eigenvalue weighted by molar-refractivity contribution is 5.93. The summed E-state index contributed by atoms with van der Waals surface area (Å²) in [5.41, 5.74) is 2.27. The predicted octanol–water partition coefficient (Wildman–Crippen LogP) is 2.61. The molecule has 94 valence electrons. The first-order chi connectivity index (χ1) is 8.70. The fourth-order valence-corrected chi connectivity index (χ4v) is 1.60. The molecule has 1 atom stereocenters. The fourth-order valence-electron chi connectivity index (χ4n) is 1.60. The third-order valence-electron chi connectivity index (χ3n) is 2.88. The van der Waals surface area contributed by atoms with Gasteiger partial charge in [0.15, 0.2) is 0 Å². The monoisotopic (exact) mass is 243 g/mol. The van der Waals surface area contributed by atoms with E-state index in [1.165, 1.54) is 0 Å². The number of rotatable bonds is 4. The molecule has 0 aliphatic rings. The Labute approximate surface area is 106 Å². The number of amides is 1. The zero-order valence-electron chi connectivity index (χ0n) is 10.6. The third-order valence-corrected chi connectivity index (χ3v) is 2.88. The maximum Gasteiger partial charge on any atom is 0.269 e. The number of hydrogen-bond acceptors (Lipinski definition) is 2. The van der Waals surface area contributed by atoms with E-state index in [0.29, 0.717) is 5.69 Å². The van der Waals surface area contributed by atoms with Gasteiger partial charge in [-0.25, -0.2) is 0 Å². The number of nitrogens with zero attached hydrogens (tertiary/aromatic N) is 1. The van der Waals surface area contributed by atoms with Gasteiger partial charge in [-0.1, -0.05) is 37.3 Å². The molecule has 0 saturated heterocycles. The first kappa shape index (κ1) is 12.4. The minimum Gasteiger partial charge on any atom is -0.348 e. The summed E-state index contributed by atoms with van der Waals surface area (Å²) in [5.74, 6) is -0.112. The molecule has 0 aliphatic heterocycles. The maximum absolute atomic E-state index is 11.9. The number of H-pyrrole nitrogens is 1.